The molecule has 0 aliphatic rings. The van der Waals surface area contributed by atoms with E-state index in [4.69, 9.17) is 0 Å². The number of hydrogen-bond acceptors (Lipinski definition) is 4. The molecule has 8 heteroatoms. The van der Waals surface area contributed by atoms with Gasteiger partial charge in [0.05, 0.1) is 30.9 Å². The number of nitrogens with one attached hydrogen (secondary N) is 1. The van der Waals surface area contributed by atoms with Crippen LogP contribution >= 0.6 is 0 Å². The lowest BCUT2D eigenvalue weighted by atomic mass is 10.1. The van der Waals surface area contributed by atoms with Crippen LogP contribution in [0.5, 0.6) is 0 Å². The number of rotatable bonds is 5. The molecule has 0 aliphatic carbocycles. The van der Waals surface area contributed by atoms with Crippen LogP contribution in [0.3, 0.4) is 0 Å². The summed E-state index contributed by atoms with van der Waals surface area (Å²) in [7, 11) is 1.88. The van der Waals surface area contributed by atoms with Gasteiger partial charge in [0.1, 0.15) is 5.82 Å². The van der Waals surface area contributed by atoms with Crippen LogP contribution in [0.25, 0.3) is 10.9 Å². The lowest BCUT2D eigenvalue weighted by Gasteiger charge is -2.03. The monoisotopic (exact) mass is 364 g/mol. The van der Waals surface area contributed by atoms with Crippen molar-refractivity contribution in [1.29, 1.82) is 0 Å². The minimum Gasteiger partial charge on any atom is -0.308 e. The zero-order valence-corrected chi connectivity index (χ0v) is 14.6. The minimum absolute atomic E-state index is 0.174. The Morgan fingerprint density at radius 1 is 1.07 bits per heavy atom. The maximum Gasteiger partial charge on any atom is 0.230 e. The summed E-state index contributed by atoms with van der Waals surface area (Å²) in [5, 5.41) is 16.3. The van der Waals surface area contributed by atoms with Crippen molar-refractivity contribution in [3.05, 3.63) is 71.8 Å². The number of halogens is 1. The molecular formula is C19H17FN6O. The van der Waals surface area contributed by atoms with Crippen LogP contribution in [0.2, 0.25) is 0 Å². The number of fused-ring (bicyclic) bond motifs is 1. The van der Waals surface area contributed by atoms with Crippen LogP contribution < -0.4 is 5.32 Å². The standard InChI is InChI=1S/C19H17FN6O/c1-25-17-7-4-14(8-15(17)10-21-25)9-19(27)23-18-11-22-26(24-18)12-13-2-5-16(20)6-3-13/h2-8,10-11H,9,12H2,1H3,(H,23,24,27). The van der Waals surface area contributed by atoms with Crippen molar-refractivity contribution in [2.75, 3.05) is 5.32 Å². The van der Waals surface area contributed by atoms with E-state index < -0.39 is 0 Å². The first kappa shape index (κ1) is 16.9. The predicted octanol–water partition coefficient (Wildman–Crippen LogP) is 2.53. The Morgan fingerprint density at radius 2 is 1.85 bits per heavy atom. The fourth-order valence-electron chi connectivity index (χ4n) is 2.88. The highest BCUT2D eigenvalue weighted by atomic mass is 19.1. The number of aromatic nitrogens is 5. The van der Waals surface area contributed by atoms with Crippen molar-refractivity contribution in [2.24, 2.45) is 7.05 Å². The summed E-state index contributed by atoms with van der Waals surface area (Å²) < 4.78 is 14.7. The van der Waals surface area contributed by atoms with Gasteiger partial charge >= 0.3 is 0 Å². The van der Waals surface area contributed by atoms with E-state index in [1.165, 1.54) is 23.1 Å². The maximum absolute atomic E-state index is 12.9. The van der Waals surface area contributed by atoms with Gasteiger partial charge in [-0.25, -0.2) is 4.39 Å². The third-order valence-electron chi connectivity index (χ3n) is 4.22. The molecule has 1 N–H and O–H groups in total. The van der Waals surface area contributed by atoms with E-state index in [-0.39, 0.29) is 18.1 Å². The molecule has 1 amide bonds. The first-order valence-corrected chi connectivity index (χ1v) is 8.42. The molecule has 0 spiro atoms. The number of benzene rings is 2. The summed E-state index contributed by atoms with van der Waals surface area (Å²) in [4.78, 5) is 13.7. The first-order valence-electron chi connectivity index (χ1n) is 8.42. The van der Waals surface area contributed by atoms with Gasteiger partial charge in [0.2, 0.25) is 5.91 Å². The second-order valence-corrected chi connectivity index (χ2v) is 6.27. The Kier molecular flexibility index (Phi) is 4.37. The zero-order valence-electron chi connectivity index (χ0n) is 14.6. The number of hydrogen-bond donors (Lipinski definition) is 1. The van der Waals surface area contributed by atoms with Crippen LogP contribution in [0.15, 0.2) is 54.9 Å². The molecule has 0 saturated carbocycles. The van der Waals surface area contributed by atoms with Crippen LogP contribution in [0.1, 0.15) is 11.1 Å². The molecular weight excluding hydrogens is 347 g/mol. The van der Waals surface area contributed by atoms with Gasteiger partial charge in [0.25, 0.3) is 0 Å². The topological polar surface area (TPSA) is 77.6 Å². The van der Waals surface area contributed by atoms with Crippen molar-refractivity contribution in [1.82, 2.24) is 24.8 Å². The van der Waals surface area contributed by atoms with Gasteiger partial charge < -0.3 is 5.32 Å². The molecule has 4 rings (SSSR count). The highest BCUT2D eigenvalue weighted by Crippen LogP contribution is 2.15. The molecule has 2 aromatic heterocycles. The highest BCUT2D eigenvalue weighted by molar-refractivity contribution is 5.92. The van der Waals surface area contributed by atoms with E-state index in [0.717, 1.165) is 22.0 Å². The highest BCUT2D eigenvalue weighted by Gasteiger charge is 2.09. The van der Waals surface area contributed by atoms with Crippen LogP contribution in [0.4, 0.5) is 10.2 Å². The fourth-order valence-corrected chi connectivity index (χ4v) is 2.88. The van der Waals surface area contributed by atoms with Gasteiger partial charge in [0.15, 0.2) is 5.82 Å². The zero-order chi connectivity index (χ0) is 18.8. The van der Waals surface area contributed by atoms with E-state index in [1.807, 2.05) is 25.2 Å². The molecule has 2 aromatic carbocycles. The third kappa shape index (κ3) is 3.84. The number of nitrogens with zero attached hydrogens (tertiary/aromatic N) is 5. The molecule has 0 aliphatic heterocycles. The second-order valence-electron chi connectivity index (χ2n) is 6.27. The summed E-state index contributed by atoms with van der Waals surface area (Å²) in [6.07, 6.45) is 3.50. The molecule has 2 heterocycles. The van der Waals surface area contributed by atoms with Gasteiger partial charge in [0, 0.05) is 12.4 Å². The normalized spacial score (nSPS) is 11.0. The summed E-state index contributed by atoms with van der Waals surface area (Å²) in [6.45, 7) is 0.397. The van der Waals surface area contributed by atoms with Crippen molar-refractivity contribution < 1.29 is 9.18 Å². The van der Waals surface area contributed by atoms with Gasteiger partial charge in [-0.15, -0.1) is 5.10 Å². The van der Waals surface area contributed by atoms with Crippen molar-refractivity contribution in [3.8, 4) is 0 Å². The molecule has 7 nitrogen and oxygen atoms in total. The Balaban J connectivity index is 1.39. The van der Waals surface area contributed by atoms with E-state index in [1.54, 1.807) is 23.0 Å². The smallest absolute Gasteiger partial charge is 0.230 e. The van der Waals surface area contributed by atoms with Crippen molar-refractivity contribution >= 4 is 22.6 Å². The largest absolute Gasteiger partial charge is 0.308 e. The molecule has 136 valence electrons. The van der Waals surface area contributed by atoms with Gasteiger partial charge in [-0.1, -0.05) is 18.2 Å². The number of aryl methyl sites for hydroxylation is 1. The minimum atomic E-state index is -0.287. The summed E-state index contributed by atoms with van der Waals surface area (Å²) >= 11 is 0. The van der Waals surface area contributed by atoms with Gasteiger partial charge in [-0.05, 0) is 35.4 Å². The van der Waals surface area contributed by atoms with Crippen LogP contribution in [-0.2, 0) is 24.8 Å². The molecule has 0 radical (unpaired) electrons. The summed E-state index contributed by atoms with van der Waals surface area (Å²) in [5.74, 6) is -0.0822. The predicted molar refractivity (Wildman–Crippen MR) is 98.6 cm³/mol. The molecule has 0 unspecified atom stereocenters. The fraction of sp³-hybridized carbons (Fsp3) is 0.158. The Hall–Kier alpha value is -3.55. The second kappa shape index (κ2) is 6.99. The molecule has 0 bridgehead atoms. The van der Waals surface area contributed by atoms with E-state index >= 15 is 0 Å². The molecule has 0 atom stereocenters. The lowest BCUT2D eigenvalue weighted by molar-refractivity contribution is -0.115. The average molecular weight is 364 g/mol. The molecule has 4 aromatic rings. The van der Waals surface area contributed by atoms with E-state index in [0.29, 0.717) is 12.4 Å². The number of amides is 1. The number of carbonyl (C=O) groups excluding carboxylic acids is 1. The van der Waals surface area contributed by atoms with E-state index in [2.05, 4.69) is 20.6 Å². The summed E-state index contributed by atoms with van der Waals surface area (Å²) in [6, 6.07) is 11.9. The third-order valence-corrected chi connectivity index (χ3v) is 4.22. The molecule has 27 heavy (non-hydrogen) atoms. The maximum atomic E-state index is 12.9. The quantitative estimate of drug-likeness (QED) is 0.590. The number of carbonyl (C=O) groups is 1. The number of anilines is 1. The average Bonchev–Trinajstić information content (AvgIpc) is 3.23. The molecule has 0 saturated heterocycles. The Labute approximate surface area is 154 Å². The molecule has 0 fully saturated rings. The van der Waals surface area contributed by atoms with Crippen molar-refractivity contribution in [2.45, 2.75) is 13.0 Å². The lowest BCUT2D eigenvalue weighted by Crippen LogP contribution is -2.15. The summed E-state index contributed by atoms with van der Waals surface area (Å²) in [5.41, 5.74) is 2.78. The van der Waals surface area contributed by atoms with Crippen molar-refractivity contribution in [3.63, 3.8) is 0 Å². The SMILES string of the molecule is Cn1ncc2cc(CC(=O)Nc3cnn(Cc4ccc(F)cc4)n3)ccc21. The van der Waals surface area contributed by atoms with Crippen LogP contribution in [0, 0.1) is 5.82 Å². The van der Waals surface area contributed by atoms with Gasteiger partial charge in [-0.2, -0.15) is 15.0 Å². The first-order chi connectivity index (χ1) is 13.1. The van der Waals surface area contributed by atoms with Crippen LogP contribution in [-0.4, -0.2) is 30.7 Å². The Morgan fingerprint density at radius 3 is 2.67 bits per heavy atom. The van der Waals surface area contributed by atoms with E-state index in [9.17, 15) is 9.18 Å². The van der Waals surface area contributed by atoms with Gasteiger partial charge in [-0.3, -0.25) is 9.48 Å². The Bertz CT molecular complexity index is 1100.